The maximum absolute atomic E-state index is 9.99. The lowest BCUT2D eigenvalue weighted by atomic mass is 9.89. The molecule has 0 aromatic rings. The van der Waals surface area contributed by atoms with Crippen LogP contribution in [0, 0.1) is 5.41 Å². The van der Waals surface area contributed by atoms with Gasteiger partial charge in [-0.1, -0.05) is 20.8 Å². The Morgan fingerprint density at radius 2 is 2.00 bits per heavy atom. The van der Waals surface area contributed by atoms with Crippen LogP contribution in [0.4, 0.5) is 0 Å². The summed E-state index contributed by atoms with van der Waals surface area (Å²) in [5.74, 6) is 0. The van der Waals surface area contributed by atoms with Crippen LogP contribution in [0.25, 0.3) is 0 Å². The largest absolute Gasteiger partial charge is 0.356 e. The quantitative estimate of drug-likeness (QED) is 0.597. The second kappa shape index (κ2) is 3.59. The summed E-state index contributed by atoms with van der Waals surface area (Å²) in [6.07, 6.45) is 1.78. The minimum atomic E-state index is 0.289. The first kappa shape index (κ1) is 9.47. The average Bonchev–Trinajstić information content (AvgIpc) is 1.59. The van der Waals surface area contributed by atoms with Crippen LogP contribution in [-0.4, -0.2) is 12.5 Å². The van der Waals surface area contributed by atoms with Gasteiger partial charge in [0.05, 0.1) is 0 Å². The number of nitrogens with one attached hydrogen (secondary N) is 1. The number of hydrogen-bond donors (Lipinski definition) is 1. The molecule has 0 bridgehead atoms. The van der Waals surface area contributed by atoms with Crippen LogP contribution in [0.1, 0.15) is 34.1 Å². The standard InChI is InChI=1S/C8H17NO/c1-7(9-6-10)5-8(2,3)4/h6-7H,5H2,1-4H3,(H,9,10)/t7-/m1/s1. The van der Waals surface area contributed by atoms with Gasteiger partial charge in [0.25, 0.3) is 0 Å². The highest BCUT2D eigenvalue weighted by Crippen LogP contribution is 2.19. The molecule has 0 aromatic carbocycles. The van der Waals surface area contributed by atoms with E-state index in [9.17, 15) is 4.79 Å². The third-order valence-electron chi connectivity index (χ3n) is 1.27. The molecule has 0 heterocycles. The first-order chi connectivity index (χ1) is 4.45. The van der Waals surface area contributed by atoms with Crippen LogP contribution in [0.5, 0.6) is 0 Å². The summed E-state index contributed by atoms with van der Waals surface area (Å²) < 4.78 is 0. The van der Waals surface area contributed by atoms with E-state index in [1.807, 2.05) is 6.92 Å². The molecule has 60 valence electrons. The maximum atomic E-state index is 9.99. The van der Waals surface area contributed by atoms with Gasteiger partial charge in [-0.25, -0.2) is 0 Å². The Kier molecular flexibility index (Phi) is 3.40. The SMILES string of the molecule is C[C@H](CC(C)(C)C)NC=O. The number of amides is 1. The lowest BCUT2D eigenvalue weighted by Gasteiger charge is -2.22. The monoisotopic (exact) mass is 143 g/mol. The molecule has 0 aliphatic carbocycles. The minimum absolute atomic E-state index is 0.289. The second-order valence-corrected chi connectivity index (χ2v) is 3.95. The maximum Gasteiger partial charge on any atom is 0.207 e. The van der Waals surface area contributed by atoms with Gasteiger partial charge in [0.2, 0.25) is 6.41 Å². The fraction of sp³-hybridized carbons (Fsp3) is 0.875. The molecule has 0 aliphatic heterocycles. The zero-order valence-electron chi connectivity index (χ0n) is 7.27. The van der Waals surface area contributed by atoms with E-state index in [0.29, 0.717) is 5.41 Å². The highest BCUT2D eigenvalue weighted by Gasteiger charge is 2.13. The van der Waals surface area contributed by atoms with Crippen molar-refractivity contribution in [2.24, 2.45) is 5.41 Å². The Morgan fingerprint density at radius 3 is 2.30 bits per heavy atom. The Morgan fingerprint density at radius 1 is 1.50 bits per heavy atom. The van der Waals surface area contributed by atoms with Crippen molar-refractivity contribution < 1.29 is 4.79 Å². The van der Waals surface area contributed by atoms with E-state index in [2.05, 4.69) is 26.1 Å². The molecular formula is C8H17NO. The summed E-state index contributed by atoms with van der Waals surface area (Å²) in [7, 11) is 0. The van der Waals surface area contributed by atoms with Crippen molar-refractivity contribution >= 4 is 6.41 Å². The molecule has 0 radical (unpaired) electrons. The summed E-state index contributed by atoms with van der Waals surface area (Å²) in [5.41, 5.74) is 0.301. The Balaban J connectivity index is 3.56. The molecule has 10 heavy (non-hydrogen) atoms. The minimum Gasteiger partial charge on any atom is -0.356 e. The van der Waals surface area contributed by atoms with Crippen molar-refractivity contribution in [3.63, 3.8) is 0 Å². The fourth-order valence-electron chi connectivity index (χ4n) is 1.09. The number of carbonyl (C=O) groups excluding carboxylic acids is 1. The molecule has 0 fully saturated rings. The predicted molar refractivity (Wildman–Crippen MR) is 42.7 cm³/mol. The molecule has 2 heteroatoms. The number of carbonyl (C=O) groups is 1. The highest BCUT2D eigenvalue weighted by molar-refractivity contribution is 5.46. The Hall–Kier alpha value is -0.530. The van der Waals surface area contributed by atoms with Gasteiger partial charge in [-0.15, -0.1) is 0 Å². The number of hydrogen-bond acceptors (Lipinski definition) is 1. The smallest absolute Gasteiger partial charge is 0.207 e. The molecule has 0 rings (SSSR count). The van der Waals surface area contributed by atoms with Gasteiger partial charge in [-0.05, 0) is 18.8 Å². The molecule has 0 spiro atoms. The summed E-state index contributed by atoms with van der Waals surface area (Å²) in [4.78, 5) is 9.99. The van der Waals surface area contributed by atoms with E-state index in [0.717, 1.165) is 12.8 Å². The van der Waals surface area contributed by atoms with Crippen molar-refractivity contribution in [2.75, 3.05) is 0 Å². The lowest BCUT2D eigenvalue weighted by molar-refractivity contribution is -0.110. The topological polar surface area (TPSA) is 29.1 Å². The predicted octanol–water partition coefficient (Wildman–Crippen LogP) is 1.56. The van der Waals surface area contributed by atoms with Crippen LogP contribution in [0.15, 0.2) is 0 Å². The van der Waals surface area contributed by atoms with E-state index in [4.69, 9.17) is 0 Å². The Bertz CT molecular complexity index is 104. The first-order valence-electron chi connectivity index (χ1n) is 3.65. The second-order valence-electron chi connectivity index (χ2n) is 3.95. The van der Waals surface area contributed by atoms with Crippen LogP contribution in [0.2, 0.25) is 0 Å². The molecule has 1 amide bonds. The molecule has 0 saturated carbocycles. The van der Waals surface area contributed by atoms with E-state index in [1.54, 1.807) is 0 Å². The van der Waals surface area contributed by atoms with E-state index >= 15 is 0 Å². The van der Waals surface area contributed by atoms with Gasteiger partial charge in [0, 0.05) is 6.04 Å². The van der Waals surface area contributed by atoms with Gasteiger partial charge < -0.3 is 5.32 Å². The average molecular weight is 143 g/mol. The third kappa shape index (κ3) is 5.60. The van der Waals surface area contributed by atoms with Crippen molar-refractivity contribution in [2.45, 2.75) is 40.2 Å². The van der Waals surface area contributed by atoms with Gasteiger partial charge in [-0.2, -0.15) is 0 Å². The zero-order valence-corrected chi connectivity index (χ0v) is 7.27. The van der Waals surface area contributed by atoms with Gasteiger partial charge in [0.15, 0.2) is 0 Å². The third-order valence-corrected chi connectivity index (χ3v) is 1.27. The van der Waals surface area contributed by atoms with Crippen LogP contribution in [0.3, 0.4) is 0 Å². The molecule has 2 nitrogen and oxygen atoms in total. The Labute approximate surface area is 63.0 Å². The van der Waals surface area contributed by atoms with Gasteiger partial charge >= 0.3 is 0 Å². The van der Waals surface area contributed by atoms with Crippen LogP contribution in [-0.2, 0) is 4.79 Å². The fourth-order valence-corrected chi connectivity index (χ4v) is 1.09. The van der Waals surface area contributed by atoms with Crippen molar-refractivity contribution in [1.29, 1.82) is 0 Å². The van der Waals surface area contributed by atoms with Crippen LogP contribution < -0.4 is 5.32 Å². The van der Waals surface area contributed by atoms with E-state index in [1.165, 1.54) is 0 Å². The van der Waals surface area contributed by atoms with Gasteiger partial charge in [0.1, 0.15) is 0 Å². The molecule has 0 unspecified atom stereocenters. The molecule has 0 saturated heterocycles. The van der Waals surface area contributed by atoms with Gasteiger partial charge in [-0.3, -0.25) is 4.79 Å². The summed E-state index contributed by atoms with van der Waals surface area (Å²) >= 11 is 0. The van der Waals surface area contributed by atoms with E-state index < -0.39 is 0 Å². The highest BCUT2D eigenvalue weighted by atomic mass is 16.1. The molecule has 1 N–H and O–H groups in total. The van der Waals surface area contributed by atoms with Crippen molar-refractivity contribution in [3.8, 4) is 0 Å². The normalized spacial score (nSPS) is 14.4. The van der Waals surface area contributed by atoms with E-state index in [-0.39, 0.29) is 6.04 Å². The van der Waals surface area contributed by atoms with Crippen molar-refractivity contribution in [3.05, 3.63) is 0 Å². The molecule has 1 atom stereocenters. The molecular weight excluding hydrogens is 126 g/mol. The summed E-state index contributed by atoms with van der Waals surface area (Å²) in [5, 5.41) is 2.72. The molecule has 0 aromatic heterocycles. The summed E-state index contributed by atoms with van der Waals surface area (Å²) in [6.45, 7) is 8.50. The summed E-state index contributed by atoms with van der Waals surface area (Å²) in [6, 6.07) is 0.289. The van der Waals surface area contributed by atoms with Crippen molar-refractivity contribution in [1.82, 2.24) is 5.32 Å². The molecule has 0 aliphatic rings. The zero-order chi connectivity index (χ0) is 8.20. The number of rotatable bonds is 3. The van der Waals surface area contributed by atoms with Crippen LogP contribution >= 0.6 is 0 Å². The first-order valence-corrected chi connectivity index (χ1v) is 3.65. The lowest BCUT2D eigenvalue weighted by Crippen LogP contribution is -2.28.